The van der Waals surface area contributed by atoms with Crippen molar-refractivity contribution in [3.8, 4) is 0 Å². The maximum absolute atomic E-state index is 12.2. The normalized spacial score (nSPS) is 14.7. The summed E-state index contributed by atoms with van der Waals surface area (Å²) in [6.45, 7) is 5.26. The van der Waals surface area contributed by atoms with Crippen LogP contribution in [0.1, 0.15) is 39.5 Å². The van der Waals surface area contributed by atoms with Gasteiger partial charge in [-0.1, -0.05) is 0 Å². The maximum Gasteiger partial charge on any atom is 0.319 e. The van der Waals surface area contributed by atoms with Gasteiger partial charge in [-0.05, 0) is 39.0 Å². The van der Waals surface area contributed by atoms with E-state index in [9.17, 15) is 9.59 Å². The summed E-state index contributed by atoms with van der Waals surface area (Å²) >= 11 is 0. The van der Waals surface area contributed by atoms with Crippen LogP contribution in [0, 0.1) is 5.92 Å². The minimum absolute atomic E-state index is 0.0160. The fourth-order valence-corrected chi connectivity index (χ4v) is 1.96. The van der Waals surface area contributed by atoms with E-state index in [1.807, 2.05) is 20.9 Å². The van der Waals surface area contributed by atoms with Crippen LogP contribution in [0.25, 0.3) is 0 Å². The Morgan fingerprint density at radius 1 is 1.33 bits per heavy atom. The van der Waals surface area contributed by atoms with Gasteiger partial charge in [0.15, 0.2) is 0 Å². The molecule has 1 N–H and O–H groups in total. The number of carbonyl (C=O) groups excluding carboxylic acids is 1. The Balaban J connectivity index is 2.42. The van der Waals surface area contributed by atoms with E-state index in [-0.39, 0.29) is 18.5 Å². The van der Waals surface area contributed by atoms with Crippen molar-refractivity contribution in [1.29, 1.82) is 0 Å². The van der Waals surface area contributed by atoms with Crippen molar-refractivity contribution in [2.75, 3.05) is 20.1 Å². The van der Waals surface area contributed by atoms with Gasteiger partial charge in [-0.25, -0.2) is 4.79 Å². The van der Waals surface area contributed by atoms with Crippen LogP contribution in [-0.4, -0.2) is 53.1 Å². The SMILES string of the molecule is CC(C)N(CCCC(=O)O)C(=O)N(C)CC1CC1. The molecule has 0 bridgehead atoms. The van der Waals surface area contributed by atoms with E-state index in [0.29, 0.717) is 18.9 Å². The van der Waals surface area contributed by atoms with E-state index in [0.717, 1.165) is 6.54 Å². The van der Waals surface area contributed by atoms with Crippen molar-refractivity contribution in [2.45, 2.75) is 45.6 Å². The van der Waals surface area contributed by atoms with Gasteiger partial charge in [-0.3, -0.25) is 4.79 Å². The lowest BCUT2D eigenvalue weighted by Gasteiger charge is -2.31. The van der Waals surface area contributed by atoms with E-state index in [4.69, 9.17) is 5.11 Å². The summed E-state index contributed by atoms with van der Waals surface area (Å²) in [6, 6.07) is 0.121. The van der Waals surface area contributed by atoms with Crippen molar-refractivity contribution in [2.24, 2.45) is 5.92 Å². The predicted octanol–water partition coefficient (Wildman–Crippen LogP) is 2.02. The predicted molar refractivity (Wildman–Crippen MR) is 69.5 cm³/mol. The molecular formula is C13H24N2O3. The maximum atomic E-state index is 12.2. The van der Waals surface area contributed by atoms with Gasteiger partial charge in [0.2, 0.25) is 0 Å². The molecule has 1 rings (SSSR count). The third-order valence-electron chi connectivity index (χ3n) is 3.21. The van der Waals surface area contributed by atoms with Crippen LogP contribution in [-0.2, 0) is 4.79 Å². The van der Waals surface area contributed by atoms with Crippen molar-refractivity contribution in [3.05, 3.63) is 0 Å². The van der Waals surface area contributed by atoms with Crippen LogP contribution < -0.4 is 0 Å². The van der Waals surface area contributed by atoms with Crippen molar-refractivity contribution < 1.29 is 14.7 Å². The zero-order chi connectivity index (χ0) is 13.7. The molecule has 0 spiro atoms. The number of rotatable bonds is 7. The lowest BCUT2D eigenvalue weighted by molar-refractivity contribution is -0.137. The molecule has 1 aliphatic carbocycles. The molecule has 2 amide bonds. The summed E-state index contributed by atoms with van der Waals surface area (Å²) in [5.41, 5.74) is 0. The zero-order valence-electron chi connectivity index (χ0n) is 11.6. The molecule has 0 unspecified atom stereocenters. The Hall–Kier alpha value is -1.26. The molecule has 5 nitrogen and oxygen atoms in total. The molecular weight excluding hydrogens is 232 g/mol. The molecule has 5 heteroatoms. The first-order valence-electron chi connectivity index (χ1n) is 6.65. The third kappa shape index (κ3) is 4.94. The number of urea groups is 1. The summed E-state index contributed by atoms with van der Waals surface area (Å²) in [5, 5.41) is 8.63. The fourth-order valence-electron chi connectivity index (χ4n) is 1.96. The topological polar surface area (TPSA) is 60.9 Å². The zero-order valence-corrected chi connectivity index (χ0v) is 11.6. The Bertz CT molecular complexity index is 301. The number of carboxylic acid groups (broad SMARTS) is 1. The van der Waals surface area contributed by atoms with Gasteiger partial charge in [0.25, 0.3) is 0 Å². The van der Waals surface area contributed by atoms with E-state index >= 15 is 0 Å². The summed E-state index contributed by atoms with van der Waals surface area (Å²) < 4.78 is 0. The smallest absolute Gasteiger partial charge is 0.319 e. The molecule has 0 aromatic heterocycles. The average molecular weight is 256 g/mol. The summed E-state index contributed by atoms with van der Waals surface area (Å²) in [6.07, 6.45) is 3.07. The average Bonchev–Trinajstić information content (AvgIpc) is 3.06. The first kappa shape index (κ1) is 14.8. The van der Waals surface area contributed by atoms with Crippen LogP contribution >= 0.6 is 0 Å². The van der Waals surface area contributed by atoms with Crippen LogP contribution in [0.2, 0.25) is 0 Å². The first-order valence-corrected chi connectivity index (χ1v) is 6.65. The van der Waals surface area contributed by atoms with E-state index in [1.54, 1.807) is 9.80 Å². The van der Waals surface area contributed by atoms with Gasteiger partial charge < -0.3 is 14.9 Å². The molecule has 0 atom stereocenters. The number of carboxylic acids is 1. The van der Waals surface area contributed by atoms with Crippen molar-refractivity contribution in [1.82, 2.24) is 9.80 Å². The van der Waals surface area contributed by atoms with Crippen LogP contribution in [0.4, 0.5) is 4.79 Å². The Morgan fingerprint density at radius 3 is 2.39 bits per heavy atom. The van der Waals surface area contributed by atoms with Gasteiger partial charge in [0, 0.05) is 32.6 Å². The second-order valence-corrected chi connectivity index (χ2v) is 5.39. The van der Waals surface area contributed by atoms with Crippen molar-refractivity contribution >= 4 is 12.0 Å². The van der Waals surface area contributed by atoms with Gasteiger partial charge in [-0.15, -0.1) is 0 Å². The van der Waals surface area contributed by atoms with Crippen LogP contribution in [0.15, 0.2) is 0 Å². The molecule has 1 aliphatic rings. The lowest BCUT2D eigenvalue weighted by Crippen LogP contribution is -2.46. The highest BCUT2D eigenvalue weighted by atomic mass is 16.4. The standard InChI is InChI=1S/C13H24N2O3/c1-10(2)15(8-4-5-12(16)17)13(18)14(3)9-11-6-7-11/h10-11H,4-9H2,1-3H3,(H,16,17). The highest BCUT2D eigenvalue weighted by molar-refractivity contribution is 5.74. The van der Waals surface area contributed by atoms with Crippen molar-refractivity contribution in [3.63, 3.8) is 0 Å². The number of hydrogen-bond acceptors (Lipinski definition) is 2. The lowest BCUT2D eigenvalue weighted by atomic mass is 10.2. The van der Waals surface area contributed by atoms with Gasteiger partial charge in [-0.2, -0.15) is 0 Å². The summed E-state index contributed by atoms with van der Waals surface area (Å²) in [4.78, 5) is 26.2. The molecule has 0 aromatic rings. The molecule has 104 valence electrons. The Kier molecular flexibility index (Phi) is 5.44. The molecule has 0 aliphatic heterocycles. The first-order chi connectivity index (χ1) is 8.41. The fraction of sp³-hybridized carbons (Fsp3) is 0.846. The van der Waals surface area contributed by atoms with Gasteiger partial charge in [0.1, 0.15) is 0 Å². The summed E-state index contributed by atoms with van der Waals surface area (Å²) in [7, 11) is 1.83. The number of amides is 2. The number of aliphatic carboxylic acids is 1. The second-order valence-electron chi connectivity index (χ2n) is 5.39. The molecule has 0 radical (unpaired) electrons. The molecule has 0 saturated heterocycles. The highest BCUT2D eigenvalue weighted by Gasteiger charge is 2.27. The van der Waals surface area contributed by atoms with E-state index in [1.165, 1.54) is 12.8 Å². The monoisotopic (exact) mass is 256 g/mol. The molecule has 0 aromatic carbocycles. The van der Waals surface area contributed by atoms with Crippen LogP contribution in [0.5, 0.6) is 0 Å². The second kappa shape index (κ2) is 6.61. The number of nitrogens with zero attached hydrogens (tertiary/aromatic N) is 2. The van der Waals surface area contributed by atoms with Crippen LogP contribution in [0.3, 0.4) is 0 Å². The molecule has 18 heavy (non-hydrogen) atoms. The van der Waals surface area contributed by atoms with E-state index < -0.39 is 5.97 Å². The number of hydrogen-bond donors (Lipinski definition) is 1. The quantitative estimate of drug-likeness (QED) is 0.758. The molecule has 1 saturated carbocycles. The Labute approximate surface area is 109 Å². The van der Waals surface area contributed by atoms with Gasteiger partial charge in [0.05, 0.1) is 0 Å². The minimum Gasteiger partial charge on any atom is -0.481 e. The largest absolute Gasteiger partial charge is 0.481 e. The van der Waals surface area contributed by atoms with Gasteiger partial charge >= 0.3 is 12.0 Å². The minimum atomic E-state index is -0.808. The summed E-state index contributed by atoms with van der Waals surface area (Å²) in [5.74, 6) is -0.135. The molecule has 0 heterocycles. The third-order valence-corrected chi connectivity index (χ3v) is 3.21. The molecule has 1 fully saturated rings. The Morgan fingerprint density at radius 2 is 1.94 bits per heavy atom. The number of carbonyl (C=O) groups is 2. The van der Waals surface area contributed by atoms with E-state index in [2.05, 4.69) is 0 Å². The highest BCUT2D eigenvalue weighted by Crippen LogP contribution is 2.29.